The molecule has 0 spiro atoms. The van der Waals surface area contributed by atoms with Crippen LogP contribution in [0.25, 0.3) is 0 Å². The molecule has 0 unspecified atom stereocenters. The first kappa shape index (κ1) is 99.4. The standard InChI is InChI=1S/C81H109N19O23S/c1-41(2)25-54-70(112)86-35-67(110)91-63(72(114)85-33-65(83)108)38-124-39-68(111)89-57(28-45-9-17-50(104)18-10-45)75(117)98-60(31-48-32-84-40-88-48)77(119)92-53(23-24-64(82)107)73(115)96-58(29-46-11-19-51(105)20-12-46)76(118)97-59(30-47-13-21-52(106)22-14-47)78(120)100-69(43(5)6)81(123)99-62(37-102)80(122)94-55(26-42(3)4)74(116)95-56(27-44-7-15-49(103)16-8-44)71(113)87-34-66(109)90-61(36-101)79(121)93-54/h7-22,32,40-43,53-63,69,101-106H,23-31,33-39H2,1-6H3,(H2,82,107)(H2,83,108)(H,84,88)(H,85,114)(H,86,112)(H,87,113)(H,89,111)(H,90,109)(H,91,110)(H,92,119)(H,93,121)(H,94,122)(H,95,116)(H,96,115)(H,97,118)(H,98,117)(H,99,123)(H,100,120)/t53-,54-,55-,56-,57-,58-,59-,60-,61-,62-,63-,69-/m0/s1. The second kappa shape index (κ2) is 49.5. The fourth-order valence-corrected chi connectivity index (χ4v) is 13.3. The lowest BCUT2D eigenvalue weighted by Crippen LogP contribution is -2.62. The zero-order valence-electron chi connectivity index (χ0n) is 69.0. The first-order chi connectivity index (χ1) is 58.8. The maximum absolute atomic E-state index is 15.1. The fourth-order valence-electron chi connectivity index (χ4n) is 12.5. The number of nitrogens with two attached hydrogens (primary N) is 2. The van der Waals surface area contributed by atoms with Gasteiger partial charge in [0.2, 0.25) is 100 Å². The van der Waals surface area contributed by atoms with E-state index in [2.05, 4.69) is 89.7 Å². The van der Waals surface area contributed by atoms with Crippen LogP contribution in [0.15, 0.2) is 110 Å². The van der Waals surface area contributed by atoms with Gasteiger partial charge in [-0.3, -0.25) is 81.5 Å². The maximum atomic E-state index is 15.1. The zero-order valence-corrected chi connectivity index (χ0v) is 69.8. The molecule has 1 aromatic heterocycles. The summed E-state index contributed by atoms with van der Waals surface area (Å²) in [6, 6.07) is 1.47. The van der Waals surface area contributed by atoms with Crippen molar-refractivity contribution in [3.63, 3.8) is 0 Å². The van der Waals surface area contributed by atoms with Crippen LogP contribution in [0, 0.1) is 17.8 Å². The molecular formula is C81H109N19O23S. The Morgan fingerprint density at radius 1 is 0.411 bits per heavy atom. The molecule has 0 aliphatic carbocycles. The molecule has 6 rings (SSSR count). The van der Waals surface area contributed by atoms with Gasteiger partial charge >= 0.3 is 0 Å². The molecule has 12 atom stereocenters. The number of imidazole rings is 1. The summed E-state index contributed by atoms with van der Waals surface area (Å²) in [5.41, 5.74) is 12.4. The van der Waals surface area contributed by atoms with Crippen molar-refractivity contribution < 1.29 is 112 Å². The molecule has 43 heteroatoms. The van der Waals surface area contributed by atoms with Crippen LogP contribution < -0.4 is 91.2 Å². The van der Waals surface area contributed by atoms with Crippen molar-refractivity contribution in [2.75, 3.05) is 44.4 Å². The van der Waals surface area contributed by atoms with Crippen molar-refractivity contribution in [3.8, 4) is 23.0 Å². The van der Waals surface area contributed by atoms with Gasteiger partial charge in [-0.15, -0.1) is 11.8 Å². The van der Waals surface area contributed by atoms with Crippen LogP contribution in [-0.4, -0.2) is 258 Å². The average Bonchev–Trinajstić information content (AvgIpc) is 0.916. The Kier molecular flexibility index (Phi) is 39.6. The van der Waals surface area contributed by atoms with Crippen LogP contribution in [0.4, 0.5) is 0 Å². The molecule has 1 aliphatic rings. The van der Waals surface area contributed by atoms with E-state index in [1.165, 1.54) is 123 Å². The Morgan fingerprint density at radius 2 is 0.750 bits per heavy atom. The molecule has 17 amide bonds. The maximum Gasteiger partial charge on any atom is 0.245 e. The van der Waals surface area contributed by atoms with Gasteiger partial charge in [0.1, 0.15) is 95.5 Å². The normalized spacial score (nSPS) is 22.8. The number of primary amides is 2. The smallest absolute Gasteiger partial charge is 0.245 e. The van der Waals surface area contributed by atoms with Gasteiger partial charge in [-0.25, -0.2) is 4.98 Å². The molecule has 0 bridgehead atoms. The number of thioether (sulfide) groups is 1. The number of aromatic hydroxyl groups is 4. The second-order valence-electron chi connectivity index (χ2n) is 30.6. The molecule has 26 N–H and O–H groups in total. The van der Waals surface area contributed by atoms with E-state index >= 15 is 9.59 Å². The number of aliphatic hydroxyl groups excluding tert-OH is 2. The molecule has 124 heavy (non-hydrogen) atoms. The lowest BCUT2D eigenvalue weighted by Gasteiger charge is -2.29. The van der Waals surface area contributed by atoms with Crippen LogP contribution >= 0.6 is 11.8 Å². The predicted octanol–water partition coefficient (Wildman–Crippen LogP) is -5.86. The summed E-state index contributed by atoms with van der Waals surface area (Å²) in [6.07, 6.45) is -0.701. The highest BCUT2D eigenvalue weighted by Crippen LogP contribution is 2.20. The van der Waals surface area contributed by atoms with Gasteiger partial charge in [0.15, 0.2) is 0 Å². The number of phenols is 4. The highest BCUT2D eigenvalue weighted by Gasteiger charge is 2.39. The predicted molar refractivity (Wildman–Crippen MR) is 445 cm³/mol. The number of carbonyl (C=O) groups is 17. The van der Waals surface area contributed by atoms with Crippen LogP contribution in [-0.2, 0) is 114 Å². The molecule has 5 aromatic rings. The Balaban J connectivity index is 1.41. The Morgan fingerprint density at radius 3 is 1.15 bits per heavy atom. The van der Waals surface area contributed by atoms with E-state index < -0.39 is 261 Å². The van der Waals surface area contributed by atoms with Gasteiger partial charge in [-0.05, 0) is 108 Å². The van der Waals surface area contributed by atoms with Crippen molar-refractivity contribution in [2.45, 2.75) is 172 Å². The number of nitrogens with one attached hydrogen (secondary N) is 16. The minimum atomic E-state index is -1.87. The number of rotatable bonds is 23. The van der Waals surface area contributed by atoms with Crippen molar-refractivity contribution in [3.05, 3.63) is 138 Å². The monoisotopic (exact) mass is 1750 g/mol. The zero-order chi connectivity index (χ0) is 91.4. The summed E-state index contributed by atoms with van der Waals surface area (Å²) < 4.78 is 0. The molecule has 2 heterocycles. The molecule has 1 fully saturated rings. The Hall–Kier alpha value is -13.5. The third kappa shape index (κ3) is 34.2. The fraction of sp³-hybridized carbons (Fsp3) is 0.457. The van der Waals surface area contributed by atoms with Gasteiger partial charge in [0.05, 0.1) is 50.6 Å². The van der Waals surface area contributed by atoms with Crippen LogP contribution in [0.5, 0.6) is 23.0 Å². The number of H-pyrrole nitrogens is 1. The number of aromatic nitrogens is 2. The van der Waals surface area contributed by atoms with E-state index in [4.69, 9.17) is 11.5 Å². The summed E-state index contributed by atoms with van der Waals surface area (Å²) in [5.74, 6) is -21.2. The number of nitrogens with zero attached hydrogens (tertiary/aromatic N) is 1. The molecule has 1 aliphatic heterocycles. The molecule has 42 nitrogen and oxygen atoms in total. The van der Waals surface area contributed by atoms with Gasteiger partial charge in [0, 0.05) is 50.5 Å². The largest absolute Gasteiger partial charge is 0.508 e. The number of hydrogen-bond donors (Lipinski definition) is 24. The number of hydrogen-bond acceptors (Lipinski definition) is 25. The van der Waals surface area contributed by atoms with E-state index in [1.54, 1.807) is 27.7 Å². The van der Waals surface area contributed by atoms with E-state index in [9.17, 15) is 103 Å². The van der Waals surface area contributed by atoms with E-state index in [0.29, 0.717) is 16.7 Å². The van der Waals surface area contributed by atoms with E-state index in [-0.39, 0.29) is 65.9 Å². The van der Waals surface area contributed by atoms with Crippen molar-refractivity contribution in [2.24, 2.45) is 29.2 Å². The molecular weight excluding hydrogens is 1640 g/mol. The van der Waals surface area contributed by atoms with Crippen LogP contribution in [0.3, 0.4) is 0 Å². The summed E-state index contributed by atoms with van der Waals surface area (Å²) in [7, 11) is 0. The number of aliphatic hydroxyl groups is 2. The quantitative estimate of drug-likeness (QED) is 0.0290. The minimum absolute atomic E-state index is 0.106. The molecule has 0 saturated carbocycles. The number of benzene rings is 4. The summed E-state index contributed by atoms with van der Waals surface area (Å²) in [4.78, 5) is 247. The molecule has 0 radical (unpaired) electrons. The number of aromatic amines is 1. The highest BCUT2D eigenvalue weighted by atomic mass is 32.2. The Labute approximate surface area is 716 Å². The van der Waals surface area contributed by atoms with Crippen molar-refractivity contribution in [1.29, 1.82) is 0 Å². The van der Waals surface area contributed by atoms with Gasteiger partial charge in [-0.1, -0.05) is 90.1 Å². The lowest BCUT2D eigenvalue weighted by molar-refractivity contribution is -0.137. The van der Waals surface area contributed by atoms with Crippen LogP contribution in [0.1, 0.15) is 95.2 Å². The number of phenolic OH excluding ortho intramolecular Hbond substituents is 4. The first-order valence-electron chi connectivity index (χ1n) is 39.7. The van der Waals surface area contributed by atoms with Crippen molar-refractivity contribution >= 4 is 112 Å². The summed E-state index contributed by atoms with van der Waals surface area (Å²) in [6.45, 7) is 4.99. The first-order valence-corrected chi connectivity index (χ1v) is 40.8. The third-order valence-corrected chi connectivity index (χ3v) is 20.0. The van der Waals surface area contributed by atoms with Gasteiger partial charge in [0.25, 0.3) is 0 Å². The second-order valence-corrected chi connectivity index (χ2v) is 31.6. The number of amides is 17. The summed E-state index contributed by atoms with van der Waals surface area (Å²) >= 11 is 0.720. The van der Waals surface area contributed by atoms with Gasteiger partial charge in [-0.2, -0.15) is 0 Å². The van der Waals surface area contributed by atoms with Crippen molar-refractivity contribution in [1.82, 2.24) is 89.7 Å². The minimum Gasteiger partial charge on any atom is -0.508 e. The average molecular weight is 1750 g/mol. The molecule has 1 saturated heterocycles. The Bertz CT molecular complexity index is 4520. The number of carbonyl (C=O) groups excluding carboxylic acids is 17. The topological polar surface area (TPSA) is 673 Å². The molecule has 4 aromatic carbocycles. The summed E-state index contributed by atoms with van der Waals surface area (Å²) in [5, 5.41) is 99.0. The lowest BCUT2D eigenvalue weighted by atomic mass is 9.99. The SMILES string of the molecule is CC(C)C[C@@H]1NC(=O)[C@H](CO)NC(=O)CNC(=O)[C@H](Cc2ccc(O)cc2)NC(=O)[C@H](CC(C)C)NC(=O)[C@H](CO)NC(=O)[C@H](C(C)C)NC(=O)[C@H](Cc2ccc(O)cc2)NC(=O)[C@H](Cc2ccc(O)cc2)NC(=O)[C@H](CCC(N)=O)NC(=O)[C@H](Cc2c[nH]cn2)NC(=O)[C@H](Cc2ccc(O)cc2)NC(=O)CSC[C@@H](C(=O)NCC(N)=O)NC(=O)CNC1=O. The highest BCUT2D eigenvalue weighted by molar-refractivity contribution is 8.00. The van der Waals surface area contributed by atoms with Gasteiger partial charge < -0.3 is 127 Å². The third-order valence-electron chi connectivity index (χ3n) is 19.0. The molecule has 672 valence electrons. The van der Waals surface area contributed by atoms with Crippen LogP contribution in [0.2, 0.25) is 0 Å². The van der Waals surface area contributed by atoms with E-state index in [0.717, 1.165) is 11.8 Å². The van der Waals surface area contributed by atoms with E-state index in [1.807, 2.05) is 0 Å².